The molecule has 3 heterocycles. The summed E-state index contributed by atoms with van der Waals surface area (Å²) in [6.45, 7) is 9.95. The first-order valence-electron chi connectivity index (χ1n) is 9.13. The van der Waals surface area contributed by atoms with Crippen LogP contribution >= 0.6 is 0 Å². The minimum atomic E-state index is 0.149. The lowest BCUT2D eigenvalue weighted by atomic mass is 10.0. The van der Waals surface area contributed by atoms with Crippen LogP contribution in [-0.4, -0.2) is 21.2 Å². The molecule has 4 rings (SSSR count). The molecule has 0 radical (unpaired) electrons. The zero-order chi connectivity index (χ0) is 19.1. The number of nitrogens with zero attached hydrogens (tertiary/aromatic N) is 2. The third-order valence-corrected chi connectivity index (χ3v) is 4.54. The minimum Gasteiger partial charge on any atom is -0.491 e. The smallest absolute Gasteiger partial charge is 0.143 e. The van der Waals surface area contributed by atoms with E-state index in [4.69, 9.17) is 14.2 Å². The molecule has 138 valence electrons. The number of aryl methyl sites for hydroxylation is 3. The highest BCUT2D eigenvalue weighted by atomic mass is 16.5. The molecule has 0 aliphatic heterocycles. The van der Waals surface area contributed by atoms with Crippen LogP contribution in [0, 0.1) is 20.8 Å². The topological polar surface area (TPSA) is 63.9 Å². The number of hydrogen-bond acceptors (Lipinski definition) is 4. The SMILES string of the molecule is Cc1cc2c(-c3ccc(OC(C)C)cc3)nc(-c3c(C)noc3C)cc2[nH]1. The van der Waals surface area contributed by atoms with Crippen molar-refractivity contribution in [1.29, 1.82) is 0 Å². The van der Waals surface area contributed by atoms with Crippen molar-refractivity contribution < 1.29 is 9.26 Å². The fourth-order valence-corrected chi connectivity index (χ4v) is 3.43. The molecule has 5 nitrogen and oxygen atoms in total. The highest BCUT2D eigenvalue weighted by Gasteiger charge is 2.17. The second-order valence-electron chi connectivity index (χ2n) is 7.16. The number of pyridine rings is 1. The first kappa shape index (κ1) is 17.3. The maximum absolute atomic E-state index is 5.76. The maximum atomic E-state index is 5.76. The molecule has 0 aliphatic rings. The average molecular weight is 361 g/mol. The van der Waals surface area contributed by atoms with E-state index in [1.165, 1.54) is 0 Å². The summed E-state index contributed by atoms with van der Waals surface area (Å²) in [5.74, 6) is 1.63. The lowest BCUT2D eigenvalue weighted by Crippen LogP contribution is -2.05. The molecule has 0 spiro atoms. The van der Waals surface area contributed by atoms with Gasteiger partial charge in [-0.25, -0.2) is 4.98 Å². The van der Waals surface area contributed by atoms with E-state index in [1.54, 1.807) is 0 Å². The standard InChI is InChI=1S/C22H23N3O2/c1-12(2)26-17-8-6-16(7-9-17)22-18-10-13(3)23-19(18)11-20(24-22)21-14(4)25-27-15(21)5/h6-12,23H,1-5H3. The molecule has 0 fully saturated rings. The Morgan fingerprint density at radius 3 is 2.41 bits per heavy atom. The molecule has 0 saturated carbocycles. The quantitative estimate of drug-likeness (QED) is 0.514. The van der Waals surface area contributed by atoms with Gasteiger partial charge >= 0.3 is 0 Å². The Morgan fingerprint density at radius 2 is 1.78 bits per heavy atom. The van der Waals surface area contributed by atoms with Gasteiger partial charge in [-0.1, -0.05) is 5.16 Å². The van der Waals surface area contributed by atoms with Crippen LogP contribution in [0.15, 0.2) is 40.9 Å². The number of nitrogens with one attached hydrogen (secondary N) is 1. The van der Waals surface area contributed by atoms with Crippen LogP contribution in [-0.2, 0) is 0 Å². The van der Waals surface area contributed by atoms with Gasteiger partial charge in [0, 0.05) is 22.2 Å². The van der Waals surface area contributed by atoms with E-state index in [0.29, 0.717) is 0 Å². The number of benzene rings is 1. The van der Waals surface area contributed by atoms with Crippen LogP contribution in [0.4, 0.5) is 0 Å². The fraction of sp³-hybridized carbons (Fsp3) is 0.273. The summed E-state index contributed by atoms with van der Waals surface area (Å²) in [7, 11) is 0. The van der Waals surface area contributed by atoms with Gasteiger partial charge in [-0.2, -0.15) is 0 Å². The number of rotatable bonds is 4. The number of ether oxygens (including phenoxy) is 1. The zero-order valence-electron chi connectivity index (χ0n) is 16.3. The van der Waals surface area contributed by atoms with Gasteiger partial charge < -0.3 is 14.2 Å². The Bertz CT molecular complexity index is 1090. The van der Waals surface area contributed by atoms with E-state index in [0.717, 1.165) is 56.3 Å². The first-order valence-corrected chi connectivity index (χ1v) is 9.13. The summed E-state index contributed by atoms with van der Waals surface area (Å²) in [5.41, 5.74) is 6.78. The van der Waals surface area contributed by atoms with Gasteiger partial charge in [0.2, 0.25) is 0 Å². The molecule has 0 atom stereocenters. The van der Waals surface area contributed by atoms with Crippen molar-refractivity contribution in [2.45, 2.75) is 40.7 Å². The predicted molar refractivity (Wildman–Crippen MR) is 107 cm³/mol. The minimum absolute atomic E-state index is 0.149. The largest absolute Gasteiger partial charge is 0.491 e. The molecular weight excluding hydrogens is 338 g/mol. The van der Waals surface area contributed by atoms with Crippen molar-refractivity contribution in [2.24, 2.45) is 0 Å². The predicted octanol–water partition coefficient (Wildman–Crippen LogP) is 5.60. The molecule has 27 heavy (non-hydrogen) atoms. The van der Waals surface area contributed by atoms with Gasteiger partial charge in [-0.15, -0.1) is 0 Å². The normalized spacial score (nSPS) is 11.5. The van der Waals surface area contributed by atoms with Gasteiger partial charge in [-0.3, -0.25) is 0 Å². The Kier molecular flexibility index (Phi) is 4.22. The van der Waals surface area contributed by atoms with Crippen molar-refractivity contribution in [3.63, 3.8) is 0 Å². The van der Waals surface area contributed by atoms with Crippen molar-refractivity contribution >= 4 is 10.9 Å². The van der Waals surface area contributed by atoms with Gasteiger partial charge in [0.25, 0.3) is 0 Å². The Balaban J connectivity index is 1.89. The van der Waals surface area contributed by atoms with Crippen molar-refractivity contribution in [3.8, 4) is 28.3 Å². The van der Waals surface area contributed by atoms with E-state index >= 15 is 0 Å². The lowest BCUT2D eigenvalue weighted by Gasteiger charge is -2.11. The Morgan fingerprint density at radius 1 is 1.04 bits per heavy atom. The Labute approximate surface area is 158 Å². The monoisotopic (exact) mass is 361 g/mol. The van der Waals surface area contributed by atoms with E-state index in [2.05, 4.69) is 41.3 Å². The van der Waals surface area contributed by atoms with Crippen LogP contribution in [0.2, 0.25) is 0 Å². The third-order valence-electron chi connectivity index (χ3n) is 4.54. The van der Waals surface area contributed by atoms with Crippen LogP contribution in [0.25, 0.3) is 33.4 Å². The highest BCUT2D eigenvalue weighted by Crippen LogP contribution is 2.34. The number of aromatic nitrogens is 3. The van der Waals surface area contributed by atoms with Crippen LogP contribution in [0.5, 0.6) is 5.75 Å². The molecule has 1 aromatic carbocycles. The number of fused-ring (bicyclic) bond motifs is 1. The summed E-state index contributed by atoms with van der Waals surface area (Å²) in [6.07, 6.45) is 0.149. The van der Waals surface area contributed by atoms with E-state index in [-0.39, 0.29) is 6.10 Å². The average Bonchev–Trinajstić information content (AvgIpc) is 3.15. The second kappa shape index (κ2) is 6.58. The van der Waals surface area contributed by atoms with Gasteiger partial charge in [0.1, 0.15) is 11.5 Å². The number of H-pyrrole nitrogens is 1. The molecule has 1 N–H and O–H groups in total. The number of aromatic amines is 1. The van der Waals surface area contributed by atoms with Crippen LogP contribution < -0.4 is 4.74 Å². The molecular formula is C22H23N3O2. The molecule has 3 aromatic heterocycles. The second-order valence-corrected chi connectivity index (χ2v) is 7.16. The van der Waals surface area contributed by atoms with Gasteiger partial charge in [0.05, 0.1) is 28.7 Å². The van der Waals surface area contributed by atoms with Crippen molar-refractivity contribution in [3.05, 3.63) is 53.5 Å². The molecule has 4 aromatic rings. The fourth-order valence-electron chi connectivity index (χ4n) is 3.43. The third kappa shape index (κ3) is 3.21. The summed E-state index contributed by atoms with van der Waals surface area (Å²) in [5, 5.41) is 5.18. The Hall–Kier alpha value is -3.08. The molecule has 0 amide bonds. The van der Waals surface area contributed by atoms with E-state index in [1.807, 2.05) is 39.8 Å². The van der Waals surface area contributed by atoms with Gasteiger partial charge in [0.15, 0.2) is 0 Å². The molecule has 0 unspecified atom stereocenters. The summed E-state index contributed by atoms with van der Waals surface area (Å²) < 4.78 is 11.1. The summed E-state index contributed by atoms with van der Waals surface area (Å²) in [6, 6.07) is 12.3. The number of hydrogen-bond donors (Lipinski definition) is 1. The highest BCUT2D eigenvalue weighted by molar-refractivity contribution is 5.96. The maximum Gasteiger partial charge on any atom is 0.143 e. The lowest BCUT2D eigenvalue weighted by molar-refractivity contribution is 0.242. The van der Waals surface area contributed by atoms with Crippen LogP contribution in [0.1, 0.15) is 31.0 Å². The molecule has 0 aliphatic carbocycles. The van der Waals surface area contributed by atoms with Crippen molar-refractivity contribution in [1.82, 2.24) is 15.1 Å². The zero-order valence-corrected chi connectivity index (χ0v) is 16.3. The van der Waals surface area contributed by atoms with E-state index < -0.39 is 0 Å². The van der Waals surface area contributed by atoms with Crippen LogP contribution in [0.3, 0.4) is 0 Å². The molecule has 0 bridgehead atoms. The summed E-state index contributed by atoms with van der Waals surface area (Å²) in [4.78, 5) is 8.41. The van der Waals surface area contributed by atoms with E-state index in [9.17, 15) is 0 Å². The van der Waals surface area contributed by atoms with Gasteiger partial charge in [-0.05, 0) is 71.0 Å². The summed E-state index contributed by atoms with van der Waals surface area (Å²) >= 11 is 0. The van der Waals surface area contributed by atoms with Crippen molar-refractivity contribution in [2.75, 3.05) is 0 Å². The molecule has 0 saturated heterocycles. The first-order chi connectivity index (χ1) is 12.9. The molecule has 5 heteroatoms.